The highest BCUT2D eigenvalue weighted by Gasteiger charge is 2.22. The molecule has 1 N–H and O–H groups in total. The van der Waals surface area contributed by atoms with E-state index in [4.69, 9.17) is 0 Å². The second-order valence-corrected chi connectivity index (χ2v) is 6.57. The Labute approximate surface area is 135 Å². The van der Waals surface area contributed by atoms with Crippen molar-refractivity contribution in [3.63, 3.8) is 0 Å². The van der Waals surface area contributed by atoms with Crippen LogP contribution in [0.25, 0.3) is 0 Å². The number of hydrogen-bond donors (Lipinski definition) is 1. The van der Waals surface area contributed by atoms with Crippen molar-refractivity contribution in [1.82, 2.24) is 15.1 Å². The van der Waals surface area contributed by atoms with Gasteiger partial charge in [0.25, 0.3) is 0 Å². The molecule has 0 amide bonds. The van der Waals surface area contributed by atoms with Crippen LogP contribution in [-0.2, 0) is 0 Å². The van der Waals surface area contributed by atoms with E-state index in [1.807, 2.05) is 6.20 Å². The molecular formula is C17H24BrN3. The average Bonchev–Trinajstić information content (AvgIpc) is 2.82. The first kappa shape index (κ1) is 16.2. The molecule has 0 spiro atoms. The van der Waals surface area contributed by atoms with Crippen molar-refractivity contribution < 1.29 is 0 Å². The molecule has 3 nitrogen and oxygen atoms in total. The summed E-state index contributed by atoms with van der Waals surface area (Å²) >= 11 is 3.67. The Morgan fingerprint density at radius 2 is 2.10 bits per heavy atom. The van der Waals surface area contributed by atoms with Gasteiger partial charge in [-0.1, -0.05) is 36.8 Å². The van der Waals surface area contributed by atoms with Crippen LogP contribution < -0.4 is 5.32 Å². The van der Waals surface area contributed by atoms with E-state index in [-0.39, 0.29) is 6.04 Å². The molecule has 1 unspecified atom stereocenters. The van der Waals surface area contributed by atoms with Gasteiger partial charge in [0.15, 0.2) is 0 Å². The van der Waals surface area contributed by atoms with Gasteiger partial charge < -0.3 is 5.32 Å². The Morgan fingerprint density at radius 3 is 2.71 bits per heavy atom. The number of aryl methyl sites for hydroxylation is 1. The van der Waals surface area contributed by atoms with Crippen LogP contribution in [0, 0.1) is 6.92 Å². The lowest BCUT2D eigenvalue weighted by atomic mass is 10.0. The maximum atomic E-state index is 4.52. The predicted octanol–water partition coefficient (Wildman–Crippen LogP) is 4.62. The van der Waals surface area contributed by atoms with Crippen LogP contribution in [-0.4, -0.2) is 16.3 Å². The average molecular weight is 350 g/mol. The minimum absolute atomic E-state index is 0.157. The molecule has 0 saturated heterocycles. The van der Waals surface area contributed by atoms with Crippen LogP contribution in [0.3, 0.4) is 0 Å². The number of hydrogen-bond acceptors (Lipinski definition) is 2. The third kappa shape index (κ3) is 3.74. The van der Waals surface area contributed by atoms with Crippen LogP contribution >= 0.6 is 15.9 Å². The van der Waals surface area contributed by atoms with Gasteiger partial charge in [-0.25, -0.2) is 0 Å². The zero-order chi connectivity index (χ0) is 15.4. The molecule has 0 fully saturated rings. The van der Waals surface area contributed by atoms with Crippen LogP contribution in [0.2, 0.25) is 0 Å². The molecule has 4 heteroatoms. The SMILES string of the molecule is CCCNC(c1cccc(C)c1)c1c(Br)cnn1C(C)C. The summed E-state index contributed by atoms with van der Waals surface area (Å²) < 4.78 is 3.16. The fourth-order valence-electron chi connectivity index (χ4n) is 2.54. The van der Waals surface area contributed by atoms with Gasteiger partial charge in [0.1, 0.15) is 0 Å². The maximum absolute atomic E-state index is 4.52. The molecule has 0 aliphatic heterocycles. The smallest absolute Gasteiger partial charge is 0.0760 e. The van der Waals surface area contributed by atoms with E-state index in [0.717, 1.165) is 17.4 Å². The second-order valence-electron chi connectivity index (χ2n) is 5.72. The second kappa shape index (κ2) is 7.23. The summed E-state index contributed by atoms with van der Waals surface area (Å²) in [4.78, 5) is 0. The van der Waals surface area contributed by atoms with Crippen LogP contribution in [0.4, 0.5) is 0 Å². The quantitative estimate of drug-likeness (QED) is 0.824. The molecule has 1 atom stereocenters. The predicted molar refractivity (Wildman–Crippen MR) is 91.6 cm³/mol. The first-order valence-corrected chi connectivity index (χ1v) is 8.36. The minimum Gasteiger partial charge on any atom is -0.305 e. The van der Waals surface area contributed by atoms with Crippen molar-refractivity contribution in [3.05, 3.63) is 51.8 Å². The topological polar surface area (TPSA) is 29.9 Å². The van der Waals surface area contributed by atoms with E-state index >= 15 is 0 Å². The van der Waals surface area contributed by atoms with E-state index < -0.39 is 0 Å². The summed E-state index contributed by atoms with van der Waals surface area (Å²) in [6.45, 7) is 9.63. The lowest BCUT2D eigenvalue weighted by Crippen LogP contribution is -2.26. The van der Waals surface area contributed by atoms with Gasteiger partial charge in [0.2, 0.25) is 0 Å². The lowest BCUT2D eigenvalue weighted by molar-refractivity contribution is 0.470. The fourth-order valence-corrected chi connectivity index (χ4v) is 3.05. The van der Waals surface area contributed by atoms with Gasteiger partial charge in [-0.05, 0) is 55.2 Å². The molecule has 1 heterocycles. The molecule has 0 saturated carbocycles. The first-order valence-electron chi connectivity index (χ1n) is 7.57. The van der Waals surface area contributed by atoms with Crippen LogP contribution in [0.5, 0.6) is 0 Å². The van der Waals surface area contributed by atoms with Crippen molar-refractivity contribution >= 4 is 15.9 Å². The molecule has 0 bridgehead atoms. The third-order valence-corrected chi connectivity index (χ3v) is 4.13. The van der Waals surface area contributed by atoms with Crippen molar-refractivity contribution in [2.24, 2.45) is 0 Å². The van der Waals surface area contributed by atoms with Gasteiger partial charge >= 0.3 is 0 Å². The van der Waals surface area contributed by atoms with Gasteiger partial charge in [-0.3, -0.25) is 4.68 Å². The van der Waals surface area contributed by atoms with Gasteiger partial charge in [-0.2, -0.15) is 5.10 Å². The monoisotopic (exact) mass is 349 g/mol. The Bertz CT molecular complexity index is 589. The summed E-state index contributed by atoms with van der Waals surface area (Å²) in [6, 6.07) is 9.18. The maximum Gasteiger partial charge on any atom is 0.0760 e. The molecule has 0 radical (unpaired) electrons. The van der Waals surface area contributed by atoms with Crippen molar-refractivity contribution in [3.8, 4) is 0 Å². The number of rotatable bonds is 6. The van der Waals surface area contributed by atoms with E-state index in [2.05, 4.69) is 83.0 Å². The Morgan fingerprint density at radius 1 is 1.33 bits per heavy atom. The van der Waals surface area contributed by atoms with Crippen molar-refractivity contribution in [1.29, 1.82) is 0 Å². The summed E-state index contributed by atoms with van der Waals surface area (Å²) in [6.07, 6.45) is 3.00. The molecule has 1 aromatic carbocycles. The molecule has 2 rings (SSSR count). The Kier molecular flexibility index (Phi) is 5.59. The van der Waals surface area contributed by atoms with Crippen molar-refractivity contribution in [2.45, 2.75) is 46.2 Å². The summed E-state index contributed by atoms with van der Waals surface area (Å²) in [7, 11) is 0. The van der Waals surface area contributed by atoms with Gasteiger partial charge in [0, 0.05) is 6.04 Å². The largest absolute Gasteiger partial charge is 0.305 e. The van der Waals surface area contributed by atoms with E-state index in [1.165, 1.54) is 16.8 Å². The molecule has 1 aromatic heterocycles. The van der Waals surface area contributed by atoms with E-state index in [0.29, 0.717) is 6.04 Å². The Balaban J connectivity index is 2.48. The zero-order valence-corrected chi connectivity index (χ0v) is 14.8. The summed E-state index contributed by atoms with van der Waals surface area (Å²) in [5.74, 6) is 0. The number of nitrogens with zero attached hydrogens (tertiary/aromatic N) is 2. The summed E-state index contributed by atoms with van der Waals surface area (Å²) in [5, 5.41) is 8.18. The Hall–Kier alpha value is -1.13. The molecule has 2 aromatic rings. The first-order chi connectivity index (χ1) is 10.0. The van der Waals surface area contributed by atoms with Crippen LogP contribution in [0.15, 0.2) is 34.9 Å². The van der Waals surface area contributed by atoms with E-state index in [9.17, 15) is 0 Å². The third-order valence-electron chi connectivity index (χ3n) is 3.52. The molecular weight excluding hydrogens is 326 g/mol. The highest BCUT2D eigenvalue weighted by molar-refractivity contribution is 9.10. The fraction of sp³-hybridized carbons (Fsp3) is 0.471. The van der Waals surface area contributed by atoms with Gasteiger partial charge in [0.05, 0.1) is 22.4 Å². The van der Waals surface area contributed by atoms with Crippen molar-refractivity contribution in [2.75, 3.05) is 6.54 Å². The molecule has 0 aliphatic rings. The zero-order valence-electron chi connectivity index (χ0n) is 13.2. The minimum atomic E-state index is 0.157. The van der Waals surface area contributed by atoms with E-state index in [1.54, 1.807) is 0 Å². The number of halogens is 1. The molecule has 0 aliphatic carbocycles. The summed E-state index contributed by atoms with van der Waals surface area (Å²) in [5.41, 5.74) is 3.76. The highest BCUT2D eigenvalue weighted by atomic mass is 79.9. The van der Waals surface area contributed by atoms with Crippen LogP contribution in [0.1, 0.15) is 56.1 Å². The number of benzene rings is 1. The number of nitrogens with one attached hydrogen (secondary N) is 1. The lowest BCUT2D eigenvalue weighted by Gasteiger charge is -2.23. The molecule has 21 heavy (non-hydrogen) atoms. The highest BCUT2D eigenvalue weighted by Crippen LogP contribution is 2.30. The normalized spacial score (nSPS) is 12.9. The van der Waals surface area contributed by atoms with Gasteiger partial charge in [-0.15, -0.1) is 0 Å². The molecule has 114 valence electrons. The number of aromatic nitrogens is 2. The standard InChI is InChI=1S/C17H24BrN3/c1-5-9-19-16(14-8-6-7-13(4)10-14)17-15(18)11-20-21(17)12(2)3/h6-8,10-12,16,19H,5,9H2,1-4H3.